The van der Waals surface area contributed by atoms with E-state index in [9.17, 15) is 12.6 Å². The van der Waals surface area contributed by atoms with Crippen molar-refractivity contribution in [2.75, 3.05) is 0 Å². The van der Waals surface area contributed by atoms with Gasteiger partial charge in [-0.05, 0) is 81.3 Å². The third-order valence-corrected chi connectivity index (χ3v) is 10.3. The molecule has 0 saturated heterocycles. The number of benzene rings is 3. The summed E-state index contributed by atoms with van der Waals surface area (Å²) in [7, 11) is -3.92. The Bertz CT molecular complexity index is 1480. The Balaban J connectivity index is 1.66. The highest BCUT2D eigenvalue weighted by atomic mass is 35.5. The molecular formula is C32H39ClN2O4S2. The zero-order valence-electron chi connectivity index (χ0n) is 24.3. The summed E-state index contributed by atoms with van der Waals surface area (Å²) >= 11 is 4.10. The number of rotatable bonds is 12. The highest BCUT2D eigenvalue weighted by Gasteiger charge is 2.44. The van der Waals surface area contributed by atoms with E-state index < -0.39 is 32.9 Å². The van der Waals surface area contributed by atoms with Gasteiger partial charge in [-0.1, -0.05) is 92.0 Å². The van der Waals surface area contributed by atoms with Gasteiger partial charge in [0, 0.05) is 16.1 Å². The predicted molar refractivity (Wildman–Crippen MR) is 168 cm³/mol. The van der Waals surface area contributed by atoms with Crippen LogP contribution < -0.4 is 4.72 Å². The summed E-state index contributed by atoms with van der Waals surface area (Å²) in [6, 6.07) is 22.8. The van der Waals surface area contributed by atoms with E-state index in [4.69, 9.17) is 20.2 Å². The molecule has 0 unspecified atom stereocenters. The largest absolute Gasteiger partial charge is 0.285 e. The monoisotopic (exact) mass is 614 g/mol. The predicted octanol–water partition coefficient (Wildman–Crippen LogP) is 7.65. The van der Waals surface area contributed by atoms with E-state index in [1.54, 1.807) is 38.1 Å². The Morgan fingerprint density at radius 1 is 1.02 bits per heavy atom. The molecule has 3 aromatic rings. The minimum Gasteiger partial charge on any atom is -0.264 e. The number of halogens is 1. The molecule has 1 aliphatic rings. The van der Waals surface area contributed by atoms with Crippen molar-refractivity contribution < 1.29 is 16.8 Å². The third kappa shape index (κ3) is 7.54. The molecule has 220 valence electrons. The van der Waals surface area contributed by atoms with E-state index in [-0.39, 0.29) is 10.3 Å². The van der Waals surface area contributed by atoms with Crippen LogP contribution in [0.15, 0.2) is 88.2 Å². The maximum absolute atomic E-state index is 13.6. The first-order valence-corrected chi connectivity index (χ1v) is 16.8. The molecule has 0 spiro atoms. The van der Waals surface area contributed by atoms with Gasteiger partial charge in [-0.3, -0.25) is 4.18 Å². The van der Waals surface area contributed by atoms with Crippen LogP contribution in [0.3, 0.4) is 0 Å². The van der Waals surface area contributed by atoms with Crippen LogP contribution >= 0.6 is 11.6 Å². The molecule has 0 amide bonds. The Morgan fingerprint density at radius 3 is 2.17 bits per heavy atom. The topological polar surface area (TPSA) is 84.8 Å². The molecule has 4 rings (SSSR count). The van der Waals surface area contributed by atoms with Crippen LogP contribution in [0.2, 0.25) is 5.02 Å². The smallest absolute Gasteiger partial charge is 0.264 e. The van der Waals surface area contributed by atoms with E-state index in [0.717, 1.165) is 36.1 Å². The Kier molecular flexibility index (Phi) is 9.92. The zero-order valence-corrected chi connectivity index (χ0v) is 26.7. The molecule has 0 aliphatic heterocycles. The second-order valence-corrected chi connectivity index (χ2v) is 14.7. The molecule has 3 aromatic carbocycles. The molecule has 9 heteroatoms. The van der Waals surface area contributed by atoms with Crippen molar-refractivity contribution in [2.45, 2.75) is 82.3 Å². The van der Waals surface area contributed by atoms with Crippen LogP contribution in [0, 0.1) is 12.8 Å². The molecule has 0 aromatic heterocycles. The maximum atomic E-state index is 13.6. The molecule has 0 radical (unpaired) electrons. The van der Waals surface area contributed by atoms with Crippen LogP contribution in [0.25, 0.3) is 0 Å². The lowest BCUT2D eigenvalue weighted by molar-refractivity contribution is 0.0898. The lowest BCUT2D eigenvalue weighted by Gasteiger charge is -2.44. The van der Waals surface area contributed by atoms with Gasteiger partial charge in [0.25, 0.3) is 11.3 Å². The van der Waals surface area contributed by atoms with Crippen molar-refractivity contribution >= 4 is 38.6 Å². The summed E-state index contributed by atoms with van der Waals surface area (Å²) in [6.45, 7) is 9.59. The summed E-state index contributed by atoms with van der Waals surface area (Å²) in [5.74, 6) is 0.293. The molecule has 1 fully saturated rings. The number of hydrogen-bond donors (Lipinski definition) is 1. The molecule has 1 saturated carbocycles. The summed E-state index contributed by atoms with van der Waals surface area (Å²) in [6.07, 6.45) is 3.53. The first-order valence-electron chi connectivity index (χ1n) is 13.9. The molecule has 0 heterocycles. The Labute approximate surface area is 252 Å². The Morgan fingerprint density at radius 2 is 1.63 bits per heavy atom. The highest BCUT2D eigenvalue weighted by molar-refractivity contribution is 7.89. The van der Waals surface area contributed by atoms with Crippen LogP contribution in [-0.4, -0.2) is 23.9 Å². The molecular weight excluding hydrogens is 576 g/mol. The SMILES string of the molecule is Cc1ccc(S(=O)(=O)N[C@H](c2ccccc2)C(C)(C)O[S@@](=O)/N=C(\CC(C)C)C2(c3ccc(Cl)cc3)CCC2)cc1. The molecule has 41 heavy (non-hydrogen) atoms. The van der Waals surface area contributed by atoms with Crippen LogP contribution in [0.5, 0.6) is 0 Å². The average Bonchev–Trinajstić information content (AvgIpc) is 2.88. The van der Waals surface area contributed by atoms with Crippen LogP contribution in [-0.2, 0) is 30.9 Å². The standard InChI is InChI=1S/C32H39ClN2O4S2/c1-23(2)22-29(32(20-9-21-32)26-14-16-27(33)17-15-26)34-40(36)39-31(4,5)30(25-10-7-6-8-11-25)35-41(37,38)28-18-12-24(3)13-19-28/h6-8,10-19,23,30,35H,9,20-22H2,1-5H3/b34-29+/t30-,40-/m1/s1. The van der Waals surface area contributed by atoms with Gasteiger partial charge in [-0.25, -0.2) is 17.3 Å². The fraction of sp³-hybridized carbons (Fsp3) is 0.406. The van der Waals surface area contributed by atoms with Gasteiger partial charge >= 0.3 is 0 Å². The highest BCUT2D eigenvalue weighted by Crippen LogP contribution is 2.47. The molecule has 1 N–H and O–H groups in total. The fourth-order valence-corrected chi connectivity index (χ4v) is 7.70. The molecule has 2 atom stereocenters. The minimum atomic E-state index is -3.92. The van der Waals surface area contributed by atoms with Crippen molar-refractivity contribution in [3.05, 3.63) is 101 Å². The number of sulfonamides is 1. The summed E-state index contributed by atoms with van der Waals surface area (Å²) < 4.78 is 54.1. The fourth-order valence-electron chi connectivity index (χ4n) is 5.29. The summed E-state index contributed by atoms with van der Waals surface area (Å²) in [4.78, 5) is 0.146. The van der Waals surface area contributed by atoms with Gasteiger partial charge in [0.15, 0.2) is 0 Å². The van der Waals surface area contributed by atoms with Crippen molar-refractivity contribution in [3.63, 3.8) is 0 Å². The first-order chi connectivity index (χ1) is 19.3. The van der Waals surface area contributed by atoms with Crippen molar-refractivity contribution in [2.24, 2.45) is 10.3 Å². The van der Waals surface area contributed by atoms with Gasteiger partial charge in [0.2, 0.25) is 10.0 Å². The van der Waals surface area contributed by atoms with E-state index in [1.165, 1.54) is 0 Å². The van der Waals surface area contributed by atoms with Gasteiger partial charge in [-0.15, -0.1) is 0 Å². The van der Waals surface area contributed by atoms with E-state index in [0.29, 0.717) is 22.9 Å². The van der Waals surface area contributed by atoms with Gasteiger partial charge in [0.1, 0.15) is 5.60 Å². The average molecular weight is 615 g/mol. The lowest BCUT2D eigenvalue weighted by Crippen LogP contribution is -2.45. The molecule has 0 bridgehead atoms. The number of aryl methyl sites for hydroxylation is 1. The van der Waals surface area contributed by atoms with Crippen molar-refractivity contribution in [3.8, 4) is 0 Å². The second-order valence-electron chi connectivity index (χ2n) is 11.8. The van der Waals surface area contributed by atoms with Crippen molar-refractivity contribution in [1.82, 2.24) is 4.72 Å². The van der Waals surface area contributed by atoms with E-state index in [1.807, 2.05) is 61.5 Å². The van der Waals surface area contributed by atoms with E-state index in [2.05, 4.69) is 18.6 Å². The van der Waals surface area contributed by atoms with Gasteiger partial charge < -0.3 is 0 Å². The zero-order chi connectivity index (χ0) is 29.8. The second kappa shape index (κ2) is 12.9. The molecule has 1 aliphatic carbocycles. The lowest BCUT2D eigenvalue weighted by atomic mass is 9.60. The normalized spacial score (nSPS) is 17.2. The van der Waals surface area contributed by atoms with Gasteiger partial charge in [0.05, 0.1) is 10.9 Å². The quantitative estimate of drug-likeness (QED) is 0.212. The Hall–Kier alpha value is -2.36. The van der Waals surface area contributed by atoms with E-state index >= 15 is 0 Å². The van der Waals surface area contributed by atoms with Crippen molar-refractivity contribution in [1.29, 1.82) is 0 Å². The minimum absolute atomic E-state index is 0.146. The summed E-state index contributed by atoms with van der Waals surface area (Å²) in [5.41, 5.74) is 2.06. The van der Waals surface area contributed by atoms with Gasteiger partial charge in [-0.2, -0.15) is 4.40 Å². The first kappa shape index (κ1) is 31.6. The summed E-state index contributed by atoms with van der Waals surface area (Å²) in [5, 5.41) is 0.666. The van der Waals surface area contributed by atoms with Crippen LogP contribution in [0.4, 0.5) is 0 Å². The number of hydrogen-bond acceptors (Lipinski definition) is 4. The maximum Gasteiger partial charge on any atom is 0.285 e. The third-order valence-electron chi connectivity index (χ3n) is 7.66. The number of nitrogens with one attached hydrogen (secondary N) is 1. The van der Waals surface area contributed by atoms with Crippen LogP contribution in [0.1, 0.15) is 76.1 Å². The molecule has 6 nitrogen and oxygen atoms in total. The number of nitrogens with zero attached hydrogens (tertiary/aromatic N) is 1.